The SMILES string of the molecule is Cc1nsc(NC(=O)N2CCC(=Cc3ccc(N(C)CCO)cc3F)CC2)n1. The Labute approximate surface area is 167 Å². The Hall–Kier alpha value is -2.52. The molecule has 7 nitrogen and oxygen atoms in total. The summed E-state index contributed by atoms with van der Waals surface area (Å²) >= 11 is 1.16. The number of benzene rings is 1. The largest absolute Gasteiger partial charge is 0.395 e. The van der Waals surface area contributed by atoms with E-state index in [2.05, 4.69) is 14.7 Å². The molecule has 0 aliphatic carbocycles. The number of piperidine rings is 1. The Morgan fingerprint density at radius 3 is 2.79 bits per heavy atom. The molecule has 1 aromatic heterocycles. The van der Waals surface area contributed by atoms with Crippen LogP contribution >= 0.6 is 11.5 Å². The molecule has 2 heterocycles. The van der Waals surface area contributed by atoms with E-state index in [1.54, 1.807) is 22.8 Å². The summed E-state index contributed by atoms with van der Waals surface area (Å²) in [6, 6.07) is 4.90. The van der Waals surface area contributed by atoms with Crippen molar-refractivity contribution in [1.29, 1.82) is 0 Å². The topological polar surface area (TPSA) is 81.6 Å². The van der Waals surface area contributed by atoms with E-state index >= 15 is 0 Å². The molecule has 150 valence electrons. The highest BCUT2D eigenvalue weighted by Gasteiger charge is 2.20. The maximum Gasteiger partial charge on any atom is 0.323 e. The molecule has 1 aromatic carbocycles. The minimum absolute atomic E-state index is 0.0205. The fourth-order valence-electron chi connectivity index (χ4n) is 3.03. The Balaban J connectivity index is 1.58. The van der Waals surface area contributed by atoms with Gasteiger partial charge in [-0.25, -0.2) is 14.2 Å². The number of halogens is 1. The number of nitrogens with zero attached hydrogens (tertiary/aromatic N) is 4. The molecule has 0 spiro atoms. The fourth-order valence-corrected chi connectivity index (χ4v) is 3.59. The number of aryl methyl sites for hydroxylation is 1. The van der Waals surface area contributed by atoms with Gasteiger partial charge >= 0.3 is 6.03 Å². The van der Waals surface area contributed by atoms with Crippen LogP contribution in [-0.4, -0.2) is 58.7 Å². The van der Waals surface area contributed by atoms with Gasteiger partial charge in [-0.2, -0.15) is 4.37 Å². The fraction of sp³-hybridized carbons (Fsp3) is 0.421. The summed E-state index contributed by atoms with van der Waals surface area (Å²) in [6.45, 7) is 3.41. The maximum absolute atomic E-state index is 14.4. The molecule has 0 unspecified atom stereocenters. The number of likely N-dealkylation sites (N-methyl/N-ethyl adjacent to an activating group) is 1. The molecule has 1 aliphatic heterocycles. The van der Waals surface area contributed by atoms with Gasteiger partial charge in [0.2, 0.25) is 5.13 Å². The van der Waals surface area contributed by atoms with Crippen LogP contribution in [0.4, 0.5) is 20.0 Å². The van der Waals surface area contributed by atoms with Crippen molar-refractivity contribution in [1.82, 2.24) is 14.3 Å². The van der Waals surface area contributed by atoms with Gasteiger partial charge in [0, 0.05) is 49.5 Å². The molecule has 9 heteroatoms. The highest BCUT2D eigenvalue weighted by atomic mass is 32.1. The number of aromatic nitrogens is 2. The van der Waals surface area contributed by atoms with E-state index in [1.165, 1.54) is 6.07 Å². The first-order valence-electron chi connectivity index (χ1n) is 9.13. The number of carbonyl (C=O) groups excluding carboxylic acids is 1. The van der Waals surface area contributed by atoms with Crippen molar-refractivity contribution in [3.63, 3.8) is 0 Å². The van der Waals surface area contributed by atoms with E-state index in [0.29, 0.717) is 49.0 Å². The van der Waals surface area contributed by atoms with Gasteiger partial charge in [0.1, 0.15) is 11.6 Å². The van der Waals surface area contributed by atoms with Gasteiger partial charge in [-0.1, -0.05) is 11.6 Å². The van der Waals surface area contributed by atoms with Gasteiger partial charge < -0.3 is 14.9 Å². The highest BCUT2D eigenvalue weighted by molar-refractivity contribution is 7.09. The summed E-state index contributed by atoms with van der Waals surface area (Å²) in [5, 5.41) is 12.3. The Kier molecular flexibility index (Phi) is 6.58. The summed E-state index contributed by atoms with van der Waals surface area (Å²) in [5.74, 6) is 0.348. The van der Waals surface area contributed by atoms with Gasteiger partial charge in [-0.3, -0.25) is 5.32 Å². The van der Waals surface area contributed by atoms with Gasteiger partial charge in [-0.05, 0) is 38.0 Å². The van der Waals surface area contributed by atoms with Crippen LogP contribution in [0, 0.1) is 12.7 Å². The molecule has 2 aromatic rings. The van der Waals surface area contributed by atoms with Crippen LogP contribution in [0.15, 0.2) is 23.8 Å². The lowest BCUT2D eigenvalue weighted by molar-refractivity contribution is 0.208. The smallest absolute Gasteiger partial charge is 0.323 e. The van der Waals surface area contributed by atoms with Gasteiger partial charge in [-0.15, -0.1) is 0 Å². The number of hydrogen-bond donors (Lipinski definition) is 2. The Bertz CT molecular complexity index is 860. The molecular formula is C19H24FN5O2S. The quantitative estimate of drug-likeness (QED) is 0.799. The predicted molar refractivity (Wildman–Crippen MR) is 109 cm³/mol. The number of hydrogen-bond acceptors (Lipinski definition) is 6. The monoisotopic (exact) mass is 405 g/mol. The van der Waals surface area contributed by atoms with Crippen LogP contribution < -0.4 is 10.2 Å². The number of carbonyl (C=O) groups is 1. The van der Waals surface area contributed by atoms with Crippen molar-refractivity contribution in [2.45, 2.75) is 19.8 Å². The van der Waals surface area contributed by atoms with Gasteiger partial charge in [0.05, 0.1) is 6.61 Å². The molecule has 2 N–H and O–H groups in total. The summed E-state index contributed by atoms with van der Waals surface area (Å²) in [4.78, 5) is 20.0. The van der Waals surface area contributed by atoms with Crippen molar-refractivity contribution < 1.29 is 14.3 Å². The molecule has 1 aliphatic rings. The predicted octanol–water partition coefficient (Wildman–Crippen LogP) is 3.13. The molecule has 3 rings (SSSR count). The second kappa shape index (κ2) is 9.11. The second-order valence-electron chi connectivity index (χ2n) is 6.72. The van der Waals surface area contributed by atoms with E-state index in [9.17, 15) is 9.18 Å². The van der Waals surface area contributed by atoms with Crippen LogP contribution in [0.25, 0.3) is 6.08 Å². The van der Waals surface area contributed by atoms with Crippen molar-refractivity contribution in [2.24, 2.45) is 0 Å². The molecule has 1 fully saturated rings. The lowest BCUT2D eigenvalue weighted by atomic mass is 10.0. The van der Waals surface area contributed by atoms with Crippen molar-refractivity contribution >= 4 is 34.5 Å². The zero-order valence-corrected chi connectivity index (χ0v) is 16.8. The Morgan fingerprint density at radius 2 is 2.18 bits per heavy atom. The normalized spacial score (nSPS) is 14.1. The number of likely N-dealkylation sites (tertiary alicyclic amines) is 1. The molecule has 0 bridgehead atoms. The van der Waals surface area contributed by atoms with E-state index in [0.717, 1.165) is 22.8 Å². The van der Waals surface area contributed by atoms with Crippen LogP contribution in [0.2, 0.25) is 0 Å². The van der Waals surface area contributed by atoms with E-state index in [1.807, 2.05) is 19.2 Å². The third kappa shape index (κ3) is 5.05. The highest BCUT2D eigenvalue weighted by Crippen LogP contribution is 2.24. The summed E-state index contributed by atoms with van der Waals surface area (Å²) in [5.41, 5.74) is 2.39. The molecule has 1 saturated heterocycles. The van der Waals surface area contributed by atoms with E-state index in [4.69, 9.17) is 5.11 Å². The van der Waals surface area contributed by atoms with Crippen molar-refractivity contribution in [3.8, 4) is 0 Å². The average Bonchev–Trinajstić information content (AvgIpc) is 3.08. The van der Waals surface area contributed by atoms with Crippen LogP contribution in [0.3, 0.4) is 0 Å². The standard InChI is InChI=1S/C19H24FN5O2S/c1-13-21-18(28-23-13)22-19(27)25-7-5-14(6-8-25)11-15-3-4-16(12-17(15)20)24(2)9-10-26/h3-4,11-12,26H,5-10H2,1-2H3,(H,21,22,23,27). The zero-order valence-electron chi connectivity index (χ0n) is 16.0. The second-order valence-corrected chi connectivity index (χ2v) is 7.47. The number of amides is 2. The number of rotatable bonds is 5. The lowest BCUT2D eigenvalue weighted by Gasteiger charge is -2.28. The van der Waals surface area contributed by atoms with Gasteiger partial charge in [0.25, 0.3) is 0 Å². The summed E-state index contributed by atoms with van der Waals surface area (Å²) in [6.07, 6.45) is 3.27. The summed E-state index contributed by atoms with van der Waals surface area (Å²) in [7, 11) is 1.81. The van der Waals surface area contributed by atoms with Crippen LogP contribution in [0.1, 0.15) is 24.2 Å². The number of urea groups is 1. The Morgan fingerprint density at radius 1 is 1.43 bits per heavy atom. The number of nitrogens with one attached hydrogen (secondary N) is 1. The zero-order chi connectivity index (χ0) is 20.1. The van der Waals surface area contributed by atoms with E-state index < -0.39 is 0 Å². The number of anilines is 2. The van der Waals surface area contributed by atoms with Gasteiger partial charge in [0.15, 0.2) is 0 Å². The summed E-state index contributed by atoms with van der Waals surface area (Å²) < 4.78 is 18.5. The van der Waals surface area contributed by atoms with Crippen LogP contribution in [-0.2, 0) is 0 Å². The third-order valence-corrected chi connectivity index (χ3v) is 5.38. The molecule has 0 saturated carbocycles. The molecule has 28 heavy (non-hydrogen) atoms. The van der Waals surface area contributed by atoms with Crippen LogP contribution in [0.5, 0.6) is 0 Å². The molecule has 2 amide bonds. The first kappa shape index (κ1) is 20.2. The third-order valence-electron chi connectivity index (χ3n) is 4.65. The minimum atomic E-state index is -0.290. The number of aliphatic hydroxyl groups is 1. The number of aliphatic hydroxyl groups excluding tert-OH is 1. The van der Waals surface area contributed by atoms with E-state index in [-0.39, 0.29) is 18.5 Å². The van der Waals surface area contributed by atoms with Crippen molar-refractivity contribution in [2.75, 3.05) is 43.5 Å². The molecular weight excluding hydrogens is 381 g/mol. The first-order valence-corrected chi connectivity index (χ1v) is 9.91. The average molecular weight is 405 g/mol. The first-order chi connectivity index (χ1) is 13.5. The molecule has 0 radical (unpaired) electrons. The molecule has 0 atom stereocenters. The lowest BCUT2D eigenvalue weighted by Crippen LogP contribution is -2.39. The minimum Gasteiger partial charge on any atom is -0.395 e. The van der Waals surface area contributed by atoms with Crippen molar-refractivity contribution in [3.05, 3.63) is 41.0 Å². The maximum atomic E-state index is 14.4.